The Morgan fingerprint density at radius 1 is 1.25 bits per heavy atom. The molecule has 0 radical (unpaired) electrons. The van der Waals surface area contributed by atoms with Crippen LogP contribution >= 0.6 is 11.6 Å². The van der Waals surface area contributed by atoms with E-state index in [1.165, 1.54) is 0 Å². The molecule has 0 N–H and O–H groups in total. The van der Waals surface area contributed by atoms with Crippen LogP contribution in [0.15, 0.2) is 36.5 Å². The van der Waals surface area contributed by atoms with Crippen molar-refractivity contribution in [3.05, 3.63) is 64.4 Å². The minimum atomic E-state index is -0.661. The average Bonchev–Trinajstić information content (AvgIpc) is 2.59. The average molecular weight is 351 g/mol. The number of nitrogens with zero attached hydrogens (tertiary/aromatic N) is 2. The molecule has 0 spiro atoms. The monoisotopic (exact) mass is 350 g/mol. The molecule has 1 aliphatic heterocycles. The zero-order valence-corrected chi connectivity index (χ0v) is 13.8. The number of carbonyl (C=O) groups excluding carboxylic acids is 1. The highest BCUT2D eigenvalue weighted by Gasteiger charge is 2.28. The highest BCUT2D eigenvalue weighted by molar-refractivity contribution is 6.30. The Bertz CT molecular complexity index is 746. The van der Waals surface area contributed by atoms with Crippen LogP contribution in [0.25, 0.3) is 0 Å². The predicted octanol–water partition coefficient (Wildman–Crippen LogP) is 4.11. The summed E-state index contributed by atoms with van der Waals surface area (Å²) in [5.41, 5.74) is 0.795. The summed E-state index contributed by atoms with van der Waals surface area (Å²) < 4.78 is 27.0. The molecule has 1 saturated heterocycles. The first kappa shape index (κ1) is 17.0. The molecule has 3 nitrogen and oxygen atoms in total. The van der Waals surface area contributed by atoms with Crippen molar-refractivity contribution in [2.24, 2.45) is 5.92 Å². The van der Waals surface area contributed by atoms with Gasteiger partial charge in [-0.25, -0.2) is 13.8 Å². The lowest BCUT2D eigenvalue weighted by molar-refractivity contribution is 0.0830. The Balaban J connectivity index is 1.61. The van der Waals surface area contributed by atoms with Gasteiger partial charge in [0.05, 0.1) is 5.56 Å². The predicted molar refractivity (Wildman–Crippen MR) is 87.9 cm³/mol. The van der Waals surface area contributed by atoms with Crippen molar-refractivity contribution in [3.8, 4) is 0 Å². The first-order valence-corrected chi connectivity index (χ1v) is 8.23. The maximum Gasteiger partial charge on any atom is 0.169 e. The molecule has 6 heteroatoms. The van der Waals surface area contributed by atoms with E-state index in [0.717, 1.165) is 23.8 Å². The lowest BCUT2D eigenvalue weighted by atomic mass is 9.88. The fourth-order valence-electron chi connectivity index (χ4n) is 3.04. The molecule has 0 aliphatic carbocycles. The minimum Gasteiger partial charge on any atom is -0.299 e. The van der Waals surface area contributed by atoms with Crippen LogP contribution in [0.5, 0.6) is 0 Å². The van der Waals surface area contributed by atoms with Crippen LogP contribution in [0.2, 0.25) is 5.15 Å². The van der Waals surface area contributed by atoms with Crippen molar-refractivity contribution >= 4 is 17.4 Å². The van der Waals surface area contributed by atoms with Gasteiger partial charge >= 0.3 is 0 Å². The van der Waals surface area contributed by atoms with Gasteiger partial charge in [0.1, 0.15) is 16.8 Å². The molecule has 3 rings (SSSR count). The van der Waals surface area contributed by atoms with Gasteiger partial charge in [0.25, 0.3) is 0 Å². The molecule has 1 fully saturated rings. The molecule has 1 aliphatic rings. The third-order valence-corrected chi connectivity index (χ3v) is 4.72. The van der Waals surface area contributed by atoms with E-state index in [9.17, 15) is 13.6 Å². The van der Waals surface area contributed by atoms with Crippen LogP contribution in [0.1, 0.15) is 28.8 Å². The van der Waals surface area contributed by atoms with E-state index in [0.29, 0.717) is 37.6 Å². The van der Waals surface area contributed by atoms with E-state index in [1.807, 2.05) is 12.1 Å². The lowest BCUT2D eigenvalue weighted by Gasteiger charge is -2.31. The van der Waals surface area contributed by atoms with Crippen molar-refractivity contribution in [1.82, 2.24) is 9.88 Å². The number of rotatable bonds is 4. The first-order valence-electron chi connectivity index (χ1n) is 7.85. The van der Waals surface area contributed by atoms with Crippen LogP contribution < -0.4 is 0 Å². The quantitative estimate of drug-likeness (QED) is 0.614. The zero-order chi connectivity index (χ0) is 17.1. The van der Waals surface area contributed by atoms with Crippen LogP contribution in [0.3, 0.4) is 0 Å². The molecule has 2 heterocycles. The number of halogens is 3. The second kappa shape index (κ2) is 7.36. The van der Waals surface area contributed by atoms with Gasteiger partial charge < -0.3 is 0 Å². The Labute approximate surface area is 144 Å². The molecular formula is C18H17ClF2N2O. The van der Waals surface area contributed by atoms with Crippen molar-refractivity contribution in [2.45, 2.75) is 19.4 Å². The van der Waals surface area contributed by atoms with Gasteiger partial charge in [0.2, 0.25) is 0 Å². The normalized spacial score (nSPS) is 16.3. The second-order valence-corrected chi connectivity index (χ2v) is 6.35. The molecule has 24 heavy (non-hydrogen) atoms. The van der Waals surface area contributed by atoms with Gasteiger partial charge in [-0.2, -0.15) is 0 Å². The van der Waals surface area contributed by atoms with Crippen molar-refractivity contribution in [1.29, 1.82) is 0 Å². The number of carbonyl (C=O) groups is 1. The van der Waals surface area contributed by atoms with E-state index in [2.05, 4.69) is 9.88 Å². The molecule has 2 aromatic rings. The summed E-state index contributed by atoms with van der Waals surface area (Å²) in [5, 5.41) is 0.484. The van der Waals surface area contributed by atoms with E-state index < -0.39 is 11.6 Å². The number of hydrogen-bond acceptors (Lipinski definition) is 3. The highest BCUT2D eigenvalue weighted by Crippen LogP contribution is 2.25. The molecule has 1 aromatic heterocycles. The summed E-state index contributed by atoms with van der Waals surface area (Å²) in [6, 6.07) is 6.77. The second-order valence-electron chi connectivity index (χ2n) is 5.99. The largest absolute Gasteiger partial charge is 0.299 e. The van der Waals surface area contributed by atoms with Crippen molar-refractivity contribution < 1.29 is 13.6 Å². The van der Waals surface area contributed by atoms with Gasteiger partial charge in [-0.1, -0.05) is 17.7 Å². The molecule has 0 bridgehead atoms. The molecule has 0 unspecified atom stereocenters. The smallest absolute Gasteiger partial charge is 0.169 e. The molecule has 0 saturated carbocycles. The summed E-state index contributed by atoms with van der Waals surface area (Å²) >= 11 is 6.07. The van der Waals surface area contributed by atoms with Crippen molar-refractivity contribution in [2.75, 3.05) is 13.1 Å². The van der Waals surface area contributed by atoms with Gasteiger partial charge in [-0.15, -0.1) is 0 Å². The zero-order valence-electron chi connectivity index (χ0n) is 13.0. The molecule has 126 valence electrons. The molecule has 0 amide bonds. The number of pyridine rings is 1. The summed E-state index contributed by atoms with van der Waals surface area (Å²) in [4.78, 5) is 18.7. The van der Waals surface area contributed by atoms with E-state index in [-0.39, 0.29) is 17.3 Å². The first-order chi connectivity index (χ1) is 11.5. The van der Waals surface area contributed by atoms with Gasteiger partial charge in [-0.05, 0) is 50.2 Å². The summed E-state index contributed by atoms with van der Waals surface area (Å²) in [6.45, 7) is 2.08. The summed E-state index contributed by atoms with van der Waals surface area (Å²) in [6.07, 6.45) is 2.88. The topological polar surface area (TPSA) is 33.2 Å². The maximum atomic E-state index is 13.8. The Hall–Kier alpha value is -1.85. The Kier molecular flexibility index (Phi) is 5.21. The number of Topliss-reactive ketones (excluding diaryl/α,β-unsaturated/α-hetero) is 1. The Morgan fingerprint density at radius 3 is 2.71 bits per heavy atom. The molecule has 1 aromatic carbocycles. The summed E-state index contributed by atoms with van der Waals surface area (Å²) in [7, 11) is 0. The van der Waals surface area contributed by atoms with Crippen molar-refractivity contribution in [3.63, 3.8) is 0 Å². The standard InChI is InChI=1S/C18H17ClF2N2O/c19-18-13(2-1-7-22-18)11-23-8-5-12(6-9-23)17(24)15-10-14(20)3-4-16(15)21/h1-4,7,10,12H,5-6,8-9,11H2. The van der Waals surface area contributed by atoms with Crippen LogP contribution in [-0.4, -0.2) is 28.8 Å². The van der Waals surface area contributed by atoms with Gasteiger partial charge in [0.15, 0.2) is 5.78 Å². The van der Waals surface area contributed by atoms with E-state index in [1.54, 1.807) is 6.20 Å². The van der Waals surface area contributed by atoms with Gasteiger partial charge in [-0.3, -0.25) is 9.69 Å². The lowest BCUT2D eigenvalue weighted by Crippen LogP contribution is -2.36. The third kappa shape index (κ3) is 3.79. The van der Waals surface area contributed by atoms with Crippen LogP contribution in [0.4, 0.5) is 8.78 Å². The number of aromatic nitrogens is 1. The number of ketones is 1. The van der Waals surface area contributed by atoms with Gasteiger partial charge in [0, 0.05) is 24.2 Å². The third-order valence-electron chi connectivity index (χ3n) is 4.38. The van der Waals surface area contributed by atoms with E-state index in [4.69, 9.17) is 11.6 Å². The summed E-state index contributed by atoms with van der Waals surface area (Å²) in [5.74, 6) is -1.85. The molecule has 0 atom stereocenters. The van der Waals surface area contributed by atoms with Crippen LogP contribution in [-0.2, 0) is 6.54 Å². The number of likely N-dealkylation sites (tertiary alicyclic amines) is 1. The highest BCUT2D eigenvalue weighted by atomic mass is 35.5. The van der Waals surface area contributed by atoms with E-state index >= 15 is 0 Å². The minimum absolute atomic E-state index is 0.149. The Morgan fingerprint density at radius 2 is 2.00 bits per heavy atom. The SMILES string of the molecule is O=C(c1cc(F)ccc1F)C1CCN(Cc2cccnc2Cl)CC1. The number of benzene rings is 1. The fraction of sp³-hybridized carbons (Fsp3) is 0.333. The number of piperidine rings is 1. The van der Waals surface area contributed by atoms with Crippen LogP contribution in [0, 0.1) is 17.6 Å². The molecular weight excluding hydrogens is 334 g/mol. The fourth-order valence-corrected chi connectivity index (χ4v) is 3.22. The number of hydrogen-bond donors (Lipinski definition) is 0. The maximum absolute atomic E-state index is 13.8.